The minimum absolute atomic E-state index is 0.0235. The summed E-state index contributed by atoms with van der Waals surface area (Å²) in [7, 11) is 0. The predicted molar refractivity (Wildman–Crippen MR) is 98.5 cm³/mol. The van der Waals surface area contributed by atoms with E-state index in [0.717, 1.165) is 6.42 Å². The topological polar surface area (TPSA) is 90.5 Å². The molecule has 1 aliphatic rings. The van der Waals surface area contributed by atoms with Crippen molar-refractivity contribution in [2.24, 2.45) is 0 Å². The van der Waals surface area contributed by atoms with Crippen LogP contribution in [0.25, 0.3) is 10.8 Å². The van der Waals surface area contributed by atoms with Gasteiger partial charge in [0, 0.05) is 11.8 Å². The van der Waals surface area contributed by atoms with Gasteiger partial charge in [0.15, 0.2) is 17.2 Å². The molecule has 0 saturated carbocycles. The molecule has 1 aliphatic heterocycles. The number of carbonyl (C=O) groups excluding carboxylic acids is 1. The first-order valence-corrected chi connectivity index (χ1v) is 8.74. The van der Waals surface area contributed by atoms with Crippen LogP contribution in [0.4, 0.5) is 0 Å². The number of nitrogens with zero attached hydrogens (tertiary/aromatic N) is 1. The van der Waals surface area contributed by atoms with Crippen LogP contribution in [0, 0.1) is 0 Å². The lowest BCUT2D eigenvalue weighted by molar-refractivity contribution is 0.0466. The maximum Gasteiger partial charge on any atom is 0.359 e. The van der Waals surface area contributed by atoms with Crippen molar-refractivity contribution in [3.8, 4) is 11.5 Å². The third-order valence-electron chi connectivity index (χ3n) is 4.12. The lowest BCUT2D eigenvalue weighted by Gasteiger charge is -2.12. The summed E-state index contributed by atoms with van der Waals surface area (Å²) >= 11 is 6.25. The maximum atomic E-state index is 12.5. The number of carbonyl (C=O) groups is 1. The van der Waals surface area contributed by atoms with E-state index >= 15 is 0 Å². The van der Waals surface area contributed by atoms with Crippen LogP contribution in [-0.2, 0) is 11.3 Å². The normalized spacial score (nSPS) is 13.2. The van der Waals surface area contributed by atoms with Crippen molar-refractivity contribution in [3.05, 3.63) is 63.0 Å². The molecule has 8 heteroatoms. The third-order valence-corrected chi connectivity index (χ3v) is 4.40. The van der Waals surface area contributed by atoms with E-state index in [1.165, 1.54) is 0 Å². The highest BCUT2D eigenvalue weighted by Gasteiger charge is 2.18. The standard InChI is InChI=1S/C19H15ClN2O5/c20-14-8-11(9-15-17(14)26-7-3-6-25-15)10-27-19(24)16-12-4-1-2-5-13(12)18(23)22-21-16/h1-2,4-5,8-9H,3,6-7,10H2,(H,22,23). The Kier molecular flexibility index (Phi) is 4.68. The summed E-state index contributed by atoms with van der Waals surface area (Å²) in [6.45, 7) is 1.04. The van der Waals surface area contributed by atoms with Gasteiger partial charge in [-0.1, -0.05) is 29.8 Å². The van der Waals surface area contributed by atoms with Crippen molar-refractivity contribution in [1.29, 1.82) is 0 Å². The molecule has 2 heterocycles. The van der Waals surface area contributed by atoms with Gasteiger partial charge in [-0.15, -0.1) is 0 Å². The lowest BCUT2D eigenvalue weighted by atomic mass is 10.1. The second kappa shape index (κ2) is 7.28. The molecular formula is C19H15ClN2O5. The minimum atomic E-state index is -0.648. The molecule has 7 nitrogen and oxygen atoms in total. The van der Waals surface area contributed by atoms with E-state index in [1.54, 1.807) is 36.4 Å². The van der Waals surface area contributed by atoms with E-state index in [0.29, 0.717) is 46.1 Å². The molecule has 1 aromatic heterocycles. The quantitative estimate of drug-likeness (QED) is 0.695. The first-order chi connectivity index (χ1) is 13.1. The highest BCUT2D eigenvalue weighted by Crippen LogP contribution is 2.38. The number of hydrogen-bond acceptors (Lipinski definition) is 6. The Balaban J connectivity index is 1.57. The van der Waals surface area contributed by atoms with E-state index in [4.69, 9.17) is 25.8 Å². The van der Waals surface area contributed by atoms with Crippen molar-refractivity contribution in [1.82, 2.24) is 10.2 Å². The number of halogens is 1. The number of aromatic amines is 1. The number of rotatable bonds is 3. The van der Waals surface area contributed by atoms with Crippen molar-refractivity contribution < 1.29 is 19.0 Å². The van der Waals surface area contributed by atoms with Crippen LogP contribution in [0.3, 0.4) is 0 Å². The Morgan fingerprint density at radius 1 is 1.19 bits per heavy atom. The fraction of sp³-hybridized carbons (Fsp3) is 0.211. The fourth-order valence-corrected chi connectivity index (χ4v) is 3.14. The van der Waals surface area contributed by atoms with Crippen LogP contribution in [0.1, 0.15) is 22.5 Å². The summed E-state index contributed by atoms with van der Waals surface area (Å²) in [6, 6.07) is 10.1. The molecule has 0 spiro atoms. The zero-order valence-corrected chi connectivity index (χ0v) is 14.9. The molecule has 3 aromatic rings. The van der Waals surface area contributed by atoms with Gasteiger partial charge in [0.25, 0.3) is 5.56 Å². The molecule has 1 N–H and O–H groups in total. The number of esters is 1. The van der Waals surface area contributed by atoms with Gasteiger partial charge in [-0.2, -0.15) is 5.10 Å². The van der Waals surface area contributed by atoms with Gasteiger partial charge in [-0.25, -0.2) is 9.89 Å². The Labute approximate surface area is 158 Å². The van der Waals surface area contributed by atoms with Gasteiger partial charge in [-0.3, -0.25) is 4.79 Å². The summed E-state index contributed by atoms with van der Waals surface area (Å²) in [6.07, 6.45) is 0.764. The van der Waals surface area contributed by atoms with Crippen LogP contribution in [-0.4, -0.2) is 29.4 Å². The Morgan fingerprint density at radius 3 is 2.81 bits per heavy atom. The summed E-state index contributed by atoms with van der Waals surface area (Å²) in [5.41, 5.74) is 0.341. The first kappa shape index (κ1) is 17.4. The van der Waals surface area contributed by atoms with Crippen molar-refractivity contribution in [2.45, 2.75) is 13.0 Å². The number of fused-ring (bicyclic) bond motifs is 2. The van der Waals surface area contributed by atoms with Gasteiger partial charge >= 0.3 is 5.97 Å². The summed E-state index contributed by atoms with van der Waals surface area (Å²) in [4.78, 5) is 24.3. The highest BCUT2D eigenvalue weighted by molar-refractivity contribution is 6.32. The molecule has 0 unspecified atom stereocenters. The molecule has 0 atom stereocenters. The van der Waals surface area contributed by atoms with Gasteiger partial charge < -0.3 is 14.2 Å². The van der Waals surface area contributed by atoms with E-state index in [2.05, 4.69) is 10.2 Å². The SMILES string of the molecule is O=C(OCc1cc(Cl)c2c(c1)OCCCO2)c1n[nH]c(=O)c2ccccc12. The van der Waals surface area contributed by atoms with Crippen LogP contribution >= 0.6 is 11.6 Å². The second-order valence-corrected chi connectivity index (χ2v) is 6.39. The Bertz CT molecular complexity index is 1080. The summed E-state index contributed by atoms with van der Waals surface area (Å²) in [5, 5.41) is 7.35. The van der Waals surface area contributed by atoms with Crippen molar-refractivity contribution >= 4 is 28.3 Å². The monoisotopic (exact) mass is 386 g/mol. The van der Waals surface area contributed by atoms with Crippen LogP contribution in [0.5, 0.6) is 11.5 Å². The molecule has 138 valence electrons. The zero-order chi connectivity index (χ0) is 18.8. The number of ether oxygens (including phenoxy) is 3. The number of aromatic nitrogens is 2. The first-order valence-electron chi connectivity index (χ1n) is 8.36. The minimum Gasteiger partial charge on any atom is -0.489 e. The third kappa shape index (κ3) is 3.46. The predicted octanol–water partition coefficient (Wildman–Crippen LogP) is 3.09. The number of hydrogen-bond donors (Lipinski definition) is 1. The maximum absolute atomic E-state index is 12.5. The van der Waals surface area contributed by atoms with Gasteiger partial charge in [0.2, 0.25) is 0 Å². The average molecular weight is 387 g/mol. The van der Waals surface area contributed by atoms with Crippen LogP contribution in [0.2, 0.25) is 5.02 Å². The van der Waals surface area contributed by atoms with Crippen molar-refractivity contribution in [3.63, 3.8) is 0 Å². The molecule has 27 heavy (non-hydrogen) atoms. The van der Waals surface area contributed by atoms with E-state index in [1.807, 2.05) is 0 Å². The van der Waals surface area contributed by atoms with E-state index in [-0.39, 0.29) is 17.9 Å². The van der Waals surface area contributed by atoms with Gasteiger partial charge in [-0.05, 0) is 23.8 Å². The Hall–Kier alpha value is -3.06. The van der Waals surface area contributed by atoms with E-state index < -0.39 is 5.97 Å². The van der Waals surface area contributed by atoms with Crippen molar-refractivity contribution in [2.75, 3.05) is 13.2 Å². The number of nitrogens with one attached hydrogen (secondary N) is 1. The molecule has 0 radical (unpaired) electrons. The second-order valence-electron chi connectivity index (χ2n) is 5.98. The number of H-pyrrole nitrogens is 1. The highest BCUT2D eigenvalue weighted by atomic mass is 35.5. The molecular weight excluding hydrogens is 372 g/mol. The lowest BCUT2D eigenvalue weighted by Crippen LogP contribution is -2.16. The fourth-order valence-electron chi connectivity index (χ4n) is 2.86. The molecule has 0 aliphatic carbocycles. The molecule has 0 saturated heterocycles. The zero-order valence-electron chi connectivity index (χ0n) is 14.2. The van der Waals surface area contributed by atoms with Crippen LogP contribution in [0.15, 0.2) is 41.2 Å². The molecule has 4 rings (SSSR count). The molecule has 2 aromatic carbocycles. The van der Waals surface area contributed by atoms with Gasteiger partial charge in [0.05, 0.1) is 23.6 Å². The Morgan fingerprint density at radius 2 is 1.96 bits per heavy atom. The summed E-state index contributed by atoms with van der Waals surface area (Å²) in [5.74, 6) is 0.377. The molecule has 0 fully saturated rings. The molecule has 0 amide bonds. The van der Waals surface area contributed by atoms with E-state index in [9.17, 15) is 9.59 Å². The van der Waals surface area contributed by atoms with Crippen LogP contribution < -0.4 is 15.0 Å². The largest absolute Gasteiger partial charge is 0.489 e. The average Bonchev–Trinajstić information content (AvgIpc) is 2.92. The molecule has 0 bridgehead atoms. The number of benzene rings is 2. The smallest absolute Gasteiger partial charge is 0.359 e. The summed E-state index contributed by atoms with van der Waals surface area (Å²) < 4.78 is 16.6. The van der Waals surface area contributed by atoms with Gasteiger partial charge in [0.1, 0.15) is 6.61 Å².